The van der Waals surface area contributed by atoms with E-state index in [0.717, 1.165) is 27.5 Å². The zero-order valence-corrected chi connectivity index (χ0v) is 14.9. The van der Waals surface area contributed by atoms with E-state index in [1.54, 1.807) is 11.8 Å². The Bertz CT molecular complexity index is 685. The number of carbonyl (C=O) groups is 1. The van der Waals surface area contributed by atoms with E-state index in [2.05, 4.69) is 5.32 Å². The lowest BCUT2D eigenvalue weighted by Gasteiger charge is -2.19. The van der Waals surface area contributed by atoms with Gasteiger partial charge in [0.15, 0.2) is 6.10 Å². The van der Waals surface area contributed by atoms with Crippen molar-refractivity contribution in [1.82, 2.24) is 0 Å². The van der Waals surface area contributed by atoms with Crippen LogP contribution in [0.25, 0.3) is 0 Å². The first-order valence-corrected chi connectivity index (χ1v) is 8.94. The van der Waals surface area contributed by atoms with E-state index in [0.29, 0.717) is 6.42 Å². The molecule has 0 spiro atoms. The summed E-state index contributed by atoms with van der Waals surface area (Å²) < 4.78 is 5.95. The number of rotatable bonds is 6. The van der Waals surface area contributed by atoms with Crippen LogP contribution in [-0.4, -0.2) is 18.3 Å². The smallest absolute Gasteiger partial charge is 0.265 e. The second-order valence-electron chi connectivity index (χ2n) is 5.50. The van der Waals surface area contributed by atoms with Crippen LogP contribution in [0, 0.1) is 13.8 Å². The molecular formula is C19H23NO2S. The van der Waals surface area contributed by atoms with E-state index in [1.165, 1.54) is 0 Å². The number of hydrogen-bond donors (Lipinski definition) is 1. The molecule has 2 aromatic carbocycles. The van der Waals surface area contributed by atoms with E-state index in [9.17, 15) is 4.79 Å². The largest absolute Gasteiger partial charge is 0.480 e. The summed E-state index contributed by atoms with van der Waals surface area (Å²) in [5.41, 5.74) is 2.95. The van der Waals surface area contributed by atoms with Crippen molar-refractivity contribution in [2.45, 2.75) is 38.2 Å². The molecule has 122 valence electrons. The molecule has 0 radical (unpaired) electrons. The number of nitrogens with one attached hydrogen (secondary N) is 1. The van der Waals surface area contributed by atoms with Crippen LogP contribution in [-0.2, 0) is 4.79 Å². The maximum atomic E-state index is 12.5. The van der Waals surface area contributed by atoms with E-state index in [4.69, 9.17) is 4.74 Å². The van der Waals surface area contributed by atoms with Crippen LogP contribution in [0.15, 0.2) is 47.4 Å². The molecule has 2 aromatic rings. The molecule has 4 heteroatoms. The standard InChI is InChI=1S/C19H23NO2S/c1-5-17(22-18-11-13(2)9-10-14(18)3)19(21)20-15-7-6-8-16(12-15)23-4/h6-12,17H,5H2,1-4H3,(H,20,21). The third-order valence-corrected chi connectivity index (χ3v) is 4.34. The number of thioether (sulfide) groups is 1. The Morgan fingerprint density at radius 1 is 1.22 bits per heavy atom. The molecule has 0 heterocycles. The van der Waals surface area contributed by atoms with Gasteiger partial charge >= 0.3 is 0 Å². The number of ether oxygens (including phenoxy) is 1. The van der Waals surface area contributed by atoms with Gasteiger partial charge in [0, 0.05) is 10.6 Å². The van der Waals surface area contributed by atoms with Gasteiger partial charge in [0.05, 0.1) is 0 Å². The van der Waals surface area contributed by atoms with Gasteiger partial charge in [0.2, 0.25) is 0 Å². The van der Waals surface area contributed by atoms with Crippen molar-refractivity contribution in [1.29, 1.82) is 0 Å². The Balaban J connectivity index is 2.10. The van der Waals surface area contributed by atoms with Crippen molar-refractivity contribution < 1.29 is 9.53 Å². The molecule has 0 aliphatic heterocycles. The molecule has 0 aromatic heterocycles. The predicted molar refractivity (Wildman–Crippen MR) is 97.5 cm³/mol. The molecule has 23 heavy (non-hydrogen) atoms. The summed E-state index contributed by atoms with van der Waals surface area (Å²) >= 11 is 1.65. The maximum absolute atomic E-state index is 12.5. The van der Waals surface area contributed by atoms with Crippen molar-refractivity contribution in [2.24, 2.45) is 0 Å². The first kappa shape index (κ1) is 17.4. The lowest BCUT2D eigenvalue weighted by atomic mass is 10.1. The molecule has 1 amide bonds. The molecule has 0 aliphatic carbocycles. The second-order valence-corrected chi connectivity index (χ2v) is 6.38. The molecule has 1 N–H and O–H groups in total. The van der Waals surface area contributed by atoms with Gasteiger partial charge in [-0.25, -0.2) is 0 Å². The predicted octanol–water partition coefficient (Wildman–Crippen LogP) is 4.82. The highest BCUT2D eigenvalue weighted by atomic mass is 32.2. The highest BCUT2D eigenvalue weighted by molar-refractivity contribution is 7.98. The molecule has 1 atom stereocenters. The third-order valence-electron chi connectivity index (χ3n) is 3.61. The Labute approximate surface area is 142 Å². The summed E-state index contributed by atoms with van der Waals surface area (Å²) in [5.74, 6) is 0.650. The van der Waals surface area contributed by atoms with E-state index in [1.807, 2.05) is 69.5 Å². The summed E-state index contributed by atoms with van der Waals surface area (Å²) in [4.78, 5) is 13.6. The van der Waals surface area contributed by atoms with Crippen molar-refractivity contribution >= 4 is 23.4 Å². The number of aryl methyl sites for hydroxylation is 2. The van der Waals surface area contributed by atoms with Gasteiger partial charge in [-0.3, -0.25) is 4.79 Å². The molecule has 0 saturated carbocycles. The van der Waals surface area contributed by atoms with E-state index in [-0.39, 0.29) is 5.91 Å². The molecule has 3 nitrogen and oxygen atoms in total. The SMILES string of the molecule is CCC(Oc1cc(C)ccc1C)C(=O)Nc1cccc(SC)c1. The Morgan fingerprint density at radius 2 is 2.00 bits per heavy atom. The monoisotopic (exact) mass is 329 g/mol. The third kappa shape index (κ3) is 4.76. The van der Waals surface area contributed by atoms with Gasteiger partial charge in [0.25, 0.3) is 5.91 Å². The number of anilines is 1. The van der Waals surface area contributed by atoms with Crippen LogP contribution in [0.5, 0.6) is 5.75 Å². The number of amides is 1. The summed E-state index contributed by atoms with van der Waals surface area (Å²) in [6, 6.07) is 13.8. The van der Waals surface area contributed by atoms with Crippen LogP contribution in [0.1, 0.15) is 24.5 Å². The topological polar surface area (TPSA) is 38.3 Å². The summed E-state index contributed by atoms with van der Waals surface area (Å²) in [6.07, 6.45) is 2.12. The fourth-order valence-corrected chi connectivity index (χ4v) is 2.69. The molecule has 1 unspecified atom stereocenters. The van der Waals surface area contributed by atoms with Crippen LogP contribution >= 0.6 is 11.8 Å². The van der Waals surface area contributed by atoms with Gasteiger partial charge in [-0.15, -0.1) is 11.8 Å². The zero-order valence-electron chi connectivity index (χ0n) is 14.1. The summed E-state index contributed by atoms with van der Waals surface area (Å²) in [6.45, 7) is 5.95. The Hall–Kier alpha value is -1.94. The number of carbonyl (C=O) groups excluding carboxylic acids is 1. The van der Waals surface area contributed by atoms with Crippen LogP contribution in [0.4, 0.5) is 5.69 Å². The molecule has 0 aliphatic rings. The fourth-order valence-electron chi connectivity index (χ4n) is 2.23. The van der Waals surface area contributed by atoms with Crippen molar-refractivity contribution in [3.8, 4) is 5.75 Å². The lowest BCUT2D eigenvalue weighted by Crippen LogP contribution is -2.32. The molecule has 2 rings (SSSR count). The van der Waals surface area contributed by atoms with E-state index < -0.39 is 6.10 Å². The summed E-state index contributed by atoms with van der Waals surface area (Å²) in [5, 5.41) is 2.94. The van der Waals surface area contributed by atoms with Crippen LogP contribution in [0.3, 0.4) is 0 Å². The quantitative estimate of drug-likeness (QED) is 0.772. The number of benzene rings is 2. The molecular weight excluding hydrogens is 306 g/mol. The van der Waals surface area contributed by atoms with Crippen LogP contribution in [0.2, 0.25) is 0 Å². The van der Waals surface area contributed by atoms with Crippen molar-refractivity contribution in [3.63, 3.8) is 0 Å². The average Bonchev–Trinajstić information content (AvgIpc) is 2.55. The van der Waals surface area contributed by atoms with E-state index >= 15 is 0 Å². The van der Waals surface area contributed by atoms with Gasteiger partial charge in [-0.05, 0) is 61.9 Å². The van der Waals surface area contributed by atoms with Gasteiger partial charge in [0.1, 0.15) is 5.75 Å². The van der Waals surface area contributed by atoms with Gasteiger partial charge in [-0.2, -0.15) is 0 Å². The first-order chi connectivity index (χ1) is 11.0. The summed E-state index contributed by atoms with van der Waals surface area (Å²) in [7, 11) is 0. The average molecular weight is 329 g/mol. The molecule has 0 fully saturated rings. The normalized spacial score (nSPS) is 11.8. The molecule has 0 saturated heterocycles. The van der Waals surface area contributed by atoms with Gasteiger partial charge in [-0.1, -0.05) is 25.1 Å². The fraction of sp³-hybridized carbons (Fsp3) is 0.316. The minimum atomic E-state index is -0.506. The number of hydrogen-bond acceptors (Lipinski definition) is 3. The minimum Gasteiger partial charge on any atom is -0.480 e. The molecule has 0 bridgehead atoms. The van der Waals surface area contributed by atoms with Crippen molar-refractivity contribution in [2.75, 3.05) is 11.6 Å². The minimum absolute atomic E-state index is 0.119. The van der Waals surface area contributed by atoms with Crippen molar-refractivity contribution in [3.05, 3.63) is 53.6 Å². The maximum Gasteiger partial charge on any atom is 0.265 e. The highest BCUT2D eigenvalue weighted by Crippen LogP contribution is 2.23. The zero-order chi connectivity index (χ0) is 16.8. The first-order valence-electron chi connectivity index (χ1n) is 7.72. The Morgan fingerprint density at radius 3 is 2.70 bits per heavy atom. The lowest BCUT2D eigenvalue weighted by molar-refractivity contribution is -0.122. The highest BCUT2D eigenvalue weighted by Gasteiger charge is 2.19. The van der Waals surface area contributed by atoms with Crippen LogP contribution < -0.4 is 10.1 Å². The Kier molecular flexibility index (Phi) is 6.11. The second kappa shape index (κ2) is 8.06. The van der Waals surface area contributed by atoms with Gasteiger partial charge < -0.3 is 10.1 Å².